The predicted octanol–water partition coefficient (Wildman–Crippen LogP) is 4.97. The molecule has 4 aromatic heterocycles. The van der Waals surface area contributed by atoms with Gasteiger partial charge in [-0.2, -0.15) is 0 Å². The van der Waals surface area contributed by atoms with E-state index in [4.69, 9.17) is 25.4 Å². The van der Waals surface area contributed by atoms with Crippen molar-refractivity contribution in [3.05, 3.63) is 60.2 Å². The number of pyridine rings is 1. The van der Waals surface area contributed by atoms with Crippen LogP contribution in [0.15, 0.2) is 48.8 Å². The van der Waals surface area contributed by atoms with Gasteiger partial charge in [0.1, 0.15) is 28.6 Å². The first-order valence-corrected chi connectivity index (χ1v) is 17.1. The lowest BCUT2D eigenvalue weighted by Crippen LogP contribution is -2.41. The Morgan fingerprint density at radius 1 is 1.00 bits per heavy atom. The number of benzene rings is 1. The highest BCUT2D eigenvalue weighted by Crippen LogP contribution is 2.42. The van der Waals surface area contributed by atoms with Crippen LogP contribution in [0.4, 0.5) is 5.82 Å². The predicted molar refractivity (Wildman–Crippen MR) is 181 cm³/mol. The third-order valence-electron chi connectivity index (χ3n) is 11.1. The number of ether oxygens (including phenoxy) is 1. The van der Waals surface area contributed by atoms with E-state index in [1.165, 1.54) is 12.8 Å². The Morgan fingerprint density at radius 2 is 1.85 bits per heavy atom. The van der Waals surface area contributed by atoms with Crippen LogP contribution in [0.5, 0.6) is 5.75 Å². The second kappa shape index (κ2) is 11.0. The maximum Gasteiger partial charge on any atom is 0.254 e. The fraction of sp³-hybridized carbons (Fsp3) is 0.472. The van der Waals surface area contributed by atoms with Gasteiger partial charge in [-0.05, 0) is 93.7 Å². The molecule has 2 saturated carbocycles. The minimum absolute atomic E-state index is 0.0180. The van der Waals surface area contributed by atoms with Gasteiger partial charge in [0, 0.05) is 67.6 Å². The van der Waals surface area contributed by atoms with Crippen molar-refractivity contribution in [2.45, 2.75) is 70.1 Å². The van der Waals surface area contributed by atoms with Crippen LogP contribution < -0.4 is 15.4 Å². The van der Waals surface area contributed by atoms with Crippen molar-refractivity contribution >= 4 is 33.8 Å². The average Bonchev–Trinajstić information content (AvgIpc) is 3.43. The minimum atomic E-state index is 0.0180. The fourth-order valence-electron chi connectivity index (χ4n) is 8.45. The number of likely N-dealkylation sites (tertiary alicyclic amines) is 1. The van der Waals surface area contributed by atoms with Gasteiger partial charge >= 0.3 is 0 Å². The number of anilines is 1. The first-order valence-electron chi connectivity index (χ1n) is 17.1. The lowest BCUT2D eigenvalue weighted by atomic mass is 10.0. The molecule has 2 aliphatic carbocycles. The number of nitrogens with two attached hydrogens (primary N) is 1. The number of piperidine rings is 2. The molecular formula is C36H41N9O2. The molecule has 242 valence electrons. The molecule has 11 heteroatoms. The Bertz CT molecular complexity index is 2000. The molecule has 9 rings (SSSR count). The number of aryl methyl sites for hydroxylation is 1. The molecule has 0 unspecified atom stereocenters. The Balaban J connectivity index is 1.17. The Hall–Kier alpha value is -4.51. The lowest BCUT2D eigenvalue weighted by Gasteiger charge is -2.34. The molecule has 2 aliphatic heterocycles. The highest BCUT2D eigenvalue weighted by Gasteiger charge is 2.47. The summed E-state index contributed by atoms with van der Waals surface area (Å²) in [4.78, 5) is 37.5. The van der Waals surface area contributed by atoms with Gasteiger partial charge < -0.3 is 29.4 Å². The quantitative estimate of drug-likeness (QED) is 0.267. The van der Waals surface area contributed by atoms with Crippen LogP contribution >= 0.6 is 0 Å². The minimum Gasteiger partial charge on any atom is -0.494 e. The molecule has 5 aromatic rings. The van der Waals surface area contributed by atoms with Crippen LogP contribution in [0.25, 0.3) is 33.6 Å². The highest BCUT2D eigenvalue weighted by atomic mass is 16.5. The molecule has 4 aliphatic rings. The summed E-state index contributed by atoms with van der Waals surface area (Å²) >= 11 is 0. The van der Waals surface area contributed by atoms with Gasteiger partial charge in [-0.15, -0.1) is 0 Å². The van der Waals surface area contributed by atoms with Crippen molar-refractivity contribution in [3.63, 3.8) is 0 Å². The summed E-state index contributed by atoms with van der Waals surface area (Å²) in [5.41, 5.74) is 10.9. The van der Waals surface area contributed by atoms with Gasteiger partial charge in [0.05, 0.1) is 18.3 Å². The molecule has 6 heterocycles. The average molecular weight is 632 g/mol. The first-order chi connectivity index (χ1) is 23.0. The Morgan fingerprint density at radius 3 is 2.57 bits per heavy atom. The van der Waals surface area contributed by atoms with Crippen molar-refractivity contribution in [3.8, 4) is 17.3 Å². The zero-order chi connectivity index (χ0) is 31.8. The summed E-state index contributed by atoms with van der Waals surface area (Å²) in [5.74, 6) is 4.39. The van der Waals surface area contributed by atoms with Crippen LogP contribution in [0.2, 0.25) is 0 Å². The van der Waals surface area contributed by atoms with Crippen molar-refractivity contribution in [1.29, 1.82) is 0 Å². The van der Waals surface area contributed by atoms with E-state index in [-0.39, 0.29) is 24.0 Å². The third kappa shape index (κ3) is 4.77. The SMILES string of the molecule is COc1cc(C(=O)N2C[C@H]3CC[C@@H]2[C@@H]3N)cc2nc(-c3cc4cccnc4n3CC3CC3)n(C3CCN(c4ccnc(C)n4)CC3)c12. The van der Waals surface area contributed by atoms with Crippen molar-refractivity contribution in [2.24, 2.45) is 17.6 Å². The van der Waals surface area contributed by atoms with Crippen LogP contribution in [0.1, 0.15) is 60.7 Å². The summed E-state index contributed by atoms with van der Waals surface area (Å²) in [5, 5.41) is 1.11. The van der Waals surface area contributed by atoms with Gasteiger partial charge in [0.25, 0.3) is 5.91 Å². The van der Waals surface area contributed by atoms with Gasteiger partial charge in [0.2, 0.25) is 0 Å². The molecule has 2 saturated heterocycles. The number of fused-ring (bicyclic) bond motifs is 4. The second-order valence-corrected chi connectivity index (χ2v) is 14.0. The van der Waals surface area contributed by atoms with Crippen LogP contribution in [0, 0.1) is 18.8 Å². The normalized spacial score (nSPS) is 23.0. The van der Waals surface area contributed by atoms with Crippen LogP contribution in [0.3, 0.4) is 0 Å². The Kier molecular flexibility index (Phi) is 6.74. The molecule has 0 spiro atoms. The largest absolute Gasteiger partial charge is 0.494 e. The number of amides is 1. The standard InChI is InChI=1S/C36H41N9O2/c1-21-38-13-9-31(40-21)42-14-10-26(11-15-42)45-33-27(16-25(18-30(33)47-2)36(46)44-20-24-7-8-28(44)32(24)37)41-35(45)29-17-23-4-3-12-39-34(23)43(29)19-22-5-6-22/h3-4,9,12-13,16-18,22,24,26,28,32H,5-8,10-11,14-15,19-20,37H2,1-2H3/t24-,28-,32-/m1/s1. The fourth-order valence-corrected chi connectivity index (χ4v) is 8.45. The number of hydrogen-bond acceptors (Lipinski definition) is 8. The number of carbonyl (C=O) groups is 1. The highest BCUT2D eigenvalue weighted by molar-refractivity contribution is 6.00. The van der Waals surface area contributed by atoms with Gasteiger partial charge in [0.15, 0.2) is 5.82 Å². The number of methoxy groups -OCH3 is 1. The Labute approximate surface area is 273 Å². The number of aromatic nitrogens is 6. The molecule has 4 fully saturated rings. The maximum absolute atomic E-state index is 14.0. The topological polar surface area (TPSA) is 120 Å². The monoisotopic (exact) mass is 631 g/mol. The number of nitrogens with zero attached hydrogens (tertiary/aromatic N) is 8. The molecule has 3 atom stereocenters. The third-order valence-corrected chi connectivity index (χ3v) is 11.1. The van der Waals surface area contributed by atoms with E-state index in [9.17, 15) is 4.79 Å². The summed E-state index contributed by atoms with van der Waals surface area (Å²) in [6.07, 6.45) is 10.1. The van der Waals surface area contributed by atoms with E-state index >= 15 is 0 Å². The van der Waals surface area contributed by atoms with Gasteiger partial charge in [-0.3, -0.25) is 4.79 Å². The number of hydrogen-bond donors (Lipinski definition) is 1. The van der Waals surface area contributed by atoms with Crippen LogP contribution in [-0.2, 0) is 6.54 Å². The molecule has 1 amide bonds. The van der Waals surface area contributed by atoms with E-state index in [0.717, 1.165) is 97.1 Å². The maximum atomic E-state index is 14.0. The molecule has 1 aromatic carbocycles. The van der Waals surface area contributed by atoms with Crippen molar-refractivity contribution in [2.75, 3.05) is 31.6 Å². The smallest absolute Gasteiger partial charge is 0.254 e. The summed E-state index contributed by atoms with van der Waals surface area (Å²) < 4.78 is 10.9. The van der Waals surface area contributed by atoms with Crippen molar-refractivity contribution in [1.82, 2.24) is 34.0 Å². The van der Waals surface area contributed by atoms with Gasteiger partial charge in [-0.25, -0.2) is 19.9 Å². The zero-order valence-electron chi connectivity index (χ0n) is 27.0. The van der Waals surface area contributed by atoms with E-state index in [1.54, 1.807) is 7.11 Å². The molecule has 11 nitrogen and oxygen atoms in total. The van der Waals surface area contributed by atoms with E-state index < -0.39 is 0 Å². The molecule has 2 N–H and O–H groups in total. The summed E-state index contributed by atoms with van der Waals surface area (Å²) in [6, 6.07) is 12.6. The van der Waals surface area contributed by atoms with Crippen molar-refractivity contribution < 1.29 is 9.53 Å². The number of rotatable bonds is 7. The van der Waals surface area contributed by atoms with E-state index in [1.807, 2.05) is 48.5 Å². The van der Waals surface area contributed by atoms with E-state index in [0.29, 0.717) is 23.1 Å². The van der Waals surface area contributed by atoms with Crippen LogP contribution in [-0.4, -0.2) is 78.7 Å². The second-order valence-electron chi connectivity index (χ2n) is 14.0. The number of imidazole rings is 1. The summed E-state index contributed by atoms with van der Waals surface area (Å²) in [7, 11) is 1.70. The van der Waals surface area contributed by atoms with Gasteiger partial charge in [-0.1, -0.05) is 0 Å². The molecular weight excluding hydrogens is 590 g/mol. The summed E-state index contributed by atoms with van der Waals surface area (Å²) in [6.45, 7) is 5.31. The lowest BCUT2D eigenvalue weighted by molar-refractivity contribution is 0.0700. The molecule has 2 bridgehead atoms. The molecule has 0 radical (unpaired) electrons. The molecule has 47 heavy (non-hydrogen) atoms. The number of carbonyl (C=O) groups excluding carboxylic acids is 1. The van der Waals surface area contributed by atoms with E-state index in [2.05, 4.69) is 31.2 Å². The first kappa shape index (κ1) is 28.7. The zero-order valence-corrected chi connectivity index (χ0v) is 27.0.